The SMILES string of the molecule is COc1cc(CN2CCCC(C)CC2)ccc1CN. The number of likely N-dealkylation sites (tertiary alicyclic amines) is 1. The molecule has 0 bridgehead atoms. The van der Waals surface area contributed by atoms with E-state index in [9.17, 15) is 0 Å². The Morgan fingerprint density at radius 3 is 2.89 bits per heavy atom. The normalized spacial score (nSPS) is 21.1. The van der Waals surface area contributed by atoms with E-state index in [1.807, 2.05) is 0 Å². The van der Waals surface area contributed by atoms with Crippen LogP contribution in [0.4, 0.5) is 0 Å². The lowest BCUT2D eigenvalue weighted by molar-refractivity contribution is 0.273. The highest BCUT2D eigenvalue weighted by Gasteiger charge is 2.14. The summed E-state index contributed by atoms with van der Waals surface area (Å²) in [6.07, 6.45) is 4.00. The van der Waals surface area contributed by atoms with Crippen LogP contribution in [-0.4, -0.2) is 25.1 Å². The molecule has 0 amide bonds. The van der Waals surface area contributed by atoms with E-state index in [0.717, 1.165) is 23.8 Å². The van der Waals surface area contributed by atoms with Crippen LogP contribution < -0.4 is 10.5 Å². The zero-order valence-corrected chi connectivity index (χ0v) is 12.2. The highest BCUT2D eigenvalue weighted by molar-refractivity contribution is 5.37. The summed E-state index contributed by atoms with van der Waals surface area (Å²) in [6, 6.07) is 6.41. The van der Waals surface area contributed by atoms with Gasteiger partial charge in [-0.2, -0.15) is 0 Å². The van der Waals surface area contributed by atoms with Crippen molar-refractivity contribution in [1.82, 2.24) is 4.90 Å². The van der Waals surface area contributed by atoms with E-state index in [-0.39, 0.29) is 0 Å². The Hall–Kier alpha value is -1.06. The van der Waals surface area contributed by atoms with Gasteiger partial charge in [-0.3, -0.25) is 4.90 Å². The third kappa shape index (κ3) is 3.95. The maximum atomic E-state index is 5.71. The van der Waals surface area contributed by atoms with Gasteiger partial charge < -0.3 is 10.5 Å². The molecule has 0 spiro atoms. The minimum absolute atomic E-state index is 0.532. The number of methoxy groups -OCH3 is 1. The van der Waals surface area contributed by atoms with Crippen LogP contribution in [0.1, 0.15) is 37.3 Å². The number of hydrogen-bond acceptors (Lipinski definition) is 3. The van der Waals surface area contributed by atoms with Crippen LogP contribution in [0, 0.1) is 5.92 Å². The number of nitrogens with zero attached hydrogens (tertiary/aromatic N) is 1. The Kier molecular flexibility index (Phi) is 5.23. The lowest BCUT2D eigenvalue weighted by Crippen LogP contribution is -2.24. The van der Waals surface area contributed by atoms with Gasteiger partial charge in [0.2, 0.25) is 0 Å². The van der Waals surface area contributed by atoms with Gasteiger partial charge in [0.1, 0.15) is 5.75 Å². The summed E-state index contributed by atoms with van der Waals surface area (Å²) in [7, 11) is 1.71. The number of benzene rings is 1. The van der Waals surface area contributed by atoms with Crippen LogP contribution in [0.5, 0.6) is 5.75 Å². The molecule has 1 aliphatic rings. The van der Waals surface area contributed by atoms with Gasteiger partial charge in [0.05, 0.1) is 7.11 Å². The second kappa shape index (κ2) is 6.92. The molecule has 1 unspecified atom stereocenters. The maximum absolute atomic E-state index is 5.71. The van der Waals surface area contributed by atoms with E-state index < -0.39 is 0 Å². The summed E-state index contributed by atoms with van der Waals surface area (Å²) < 4.78 is 5.41. The number of ether oxygens (including phenoxy) is 1. The molecule has 0 aromatic heterocycles. The molecule has 1 heterocycles. The van der Waals surface area contributed by atoms with Crippen LogP contribution in [0.3, 0.4) is 0 Å². The van der Waals surface area contributed by atoms with E-state index in [2.05, 4.69) is 30.0 Å². The summed E-state index contributed by atoms with van der Waals surface area (Å²) in [5.74, 6) is 1.79. The quantitative estimate of drug-likeness (QED) is 0.907. The van der Waals surface area contributed by atoms with Crippen LogP contribution in [0.25, 0.3) is 0 Å². The fraction of sp³-hybridized carbons (Fsp3) is 0.625. The zero-order chi connectivity index (χ0) is 13.7. The zero-order valence-electron chi connectivity index (χ0n) is 12.2. The predicted molar refractivity (Wildman–Crippen MR) is 79.2 cm³/mol. The highest BCUT2D eigenvalue weighted by atomic mass is 16.5. The lowest BCUT2D eigenvalue weighted by Gasteiger charge is -2.20. The summed E-state index contributed by atoms with van der Waals surface area (Å²) in [5.41, 5.74) is 8.11. The molecule has 3 nitrogen and oxygen atoms in total. The molecular formula is C16H26N2O. The number of nitrogens with two attached hydrogens (primary N) is 1. The third-order valence-corrected chi connectivity index (χ3v) is 4.09. The fourth-order valence-electron chi connectivity index (χ4n) is 2.79. The molecule has 0 saturated carbocycles. The first-order chi connectivity index (χ1) is 9.22. The summed E-state index contributed by atoms with van der Waals surface area (Å²) in [5, 5.41) is 0. The highest BCUT2D eigenvalue weighted by Crippen LogP contribution is 2.22. The molecule has 0 aliphatic carbocycles. The minimum atomic E-state index is 0.532. The van der Waals surface area contributed by atoms with Gasteiger partial charge in [-0.05, 0) is 49.9 Å². The van der Waals surface area contributed by atoms with E-state index in [0.29, 0.717) is 6.54 Å². The summed E-state index contributed by atoms with van der Waals surface area (Å²) >= 11 is 0. The van der Waals surface area contributed by atoms with Crippen molar-refractivity contribution < 1.29 is 4.74 Å². The minimum Gasteiger partial charge on any atom is -0.496 e. The molecule has 1 aromatic carbocycles. The van der Waals surface area contributed by atoms with Gasteiger partial charge in [-0.15, -0.1) is 0 Å². The molecule has 3 heteroatoms. The molecule has 19 heavy (non-hydrogen) atoms. The van der Waals surface area contributed by atoms with E-state index >= 15 is 0 Å². The predicted octanol–water partition coefficient (Wildman–Crippen LogP) is 2.78. The average molecular weight is 262 g/mol. The van der Waals surface area contributed by atoms with E-state index in [4.69, 9.17) is 10.5 Å². The van der Waals surface area contributed by atoms with E-state index in [1.54, 1.807) is 7.11 Å². The van der Waals surface area contributed by atoms with Crippen LogP contribution >= 0.6 is 0 Å². The largest absolute Gasteiger partial charge is 0.496 e. The van der Waals surface area contributed by atoms with Gasteiger partial charge in [-0.1, -0.05) is 19.1 Å². The van der Waals surface area contributed by atoms with Crippen LogP contribution in [0.15, 0.2) is 18.2 Å². The van der Waals surface area contributed by atoms with Crippen molar-refractivity contribution in [2.45, 2.75) is 39.3 Å². The molecule has 2 N–H and O–H groups in total. The maximum Gasteiger partial charge on any atom is 0.123 e. The van der Waals surface area contributed by atoms with Crippen molar-refractivity contribution in [3.05, 3.63) is 29.3 Å². The molecule has 1 aliphatic heterocycles. The molecular weight excluding hydrogens is 236 g/mol. The fourth-order valence-corrected chi connectivity index (χ4v) is 2.79. The number of rotatable bonds is 4. The van der Waals surface area contributed by atoms with Crippen molar-refractivity contribution in [3.8, 4) is 5.75 Å². The molecule has 106 valence electrons. The first-order valence-electron chi connectivity index (χ1n) is 7.31. The van der Waals surface area contributed by atoms with E-state index in [1.165, 1.54) is 37.9 Å². The second-order valence-electron chi connectivity index (χ2n) is 5.66. The Labute approximate surface area is 116 Å². The Bertz CT molecular complexity index is 406. The topological polar surface area (TPSA) is 38.5 Å². The number of hydrogen-bond donors (Lipinski definition) is 1. The third-order valence-electron chi connectivity index (χ3n) is 4.09. The summed E-state index contributed by atoms with van der Waals surface area (Å²) in [6.45, 7) is 6.34. The van der Waals surface area contributed by atoms with Gasteiger partial charge >= 0.3 is 0 Å². The molecule has 1 fully saturated rings. The lowest BCUT2D eigenvalue weighted by atomic mass is 10.0. The first kappa shape index (κ1) is 14.4. The molecule has 1 aromatic rings. The van der Waals surface area contributed by atoms with Gasteiger partial charge in [0.25, 0.3) is 0 Å². The Balaban J connectivity index is 2.02. The van der Waals surface area contributed by atoms with Crippen molar-refractivity contribution in [3.63, 3.8) is 0 Å². The van der Waals surface area contributed by atoms with Crippen molar-refractivity contribution in [1.29, 1.82) is 0 Å². The smallest absolute Gasteiger partial charge is 0.123 e. The van der Waals surface area contributed by atoms with Gasteiger partial charge in [0, 0.05) is 18.7 Å². The average Bonchev–Trinajstić information content (AvgIpc) is 2.63. The molecule has 0 radical (unpaired) electrons. The Morgan fingerprint density at radius 1 is 1.32 bits per heavy atom. The molecule has 2 rings (SSSR count). The first-order valence-corrected chi connectivity index (χ1v) is 7.31. The van der Waals surface area contributed by atoms with Gasteiger partial charge in [0.15, 0.2) is 0 Å². The van der Waals surface area contributed by atoms with Crippen LogP contribution in [0.2, 0.25) is 0 Å². The van der Waals surface area contributed by atoms with Gasteiger partial charge in [-0.25, -0.2) is 0 Å². The standard InChI is InChI=1S/C16H26N2O/c1-13-4-3-8-18(9-7-13)12-14-5-6-15(11-17)16(10-14)19-2/h5-6,10,13H,3-4,7-9,11-12,17H2,1-2H3. The molecule has 1 saturated heterocycles. The molecule has 1 atom stereocenters. The monoisotopic (exact) mass is 262 g/mol. The van der Waals surface area contributed by atoms with Crippen molar-refractivity contribution >= 4 is 0 Å². The van der Waals surface area contributed by atoms with Crippen molar-refractivity contribution in [2.75, 3.05) is 20.2 Å². The van der Waals surface area contributed by atoms with Crippen molar-refractivity contribution in [2.24, 2.45) is 11.7 Å². The summed E-state index contributed by atoms with van der Waals surface area (Å²) in [4.78, 5) is 2.56. The van der Waals surface area contributed by atoms with Crippen LogP contribution in [-0.2, 0) is 13.1 Å². The second-order valence-corrected chi connectivity index (χ2v) is 5.66. The Morgan fingerprint density at radius 2 is 2.16 bits per heavy atom.